The van der Waals surface area contributed by atoms with Crippen LogP contribution in [0.5, 0.6) is 0 Å². The first-order valence-corrected chi connectivity index (χ1v) is 6.44. The Balaban J connectivity index is 1.95. The highest BCUT2D eigenvalue weighted by atomic mass is 16.5. The van der Waals surface area contributed by atoms with Gasteiger partial charge in [0.05, 0.1) is 17.7 Å². The molecule has 0 aliphatic carbocycles. The number of pyridine rings is 1. The summed E-state index contributed by atoms with van der Waals surface area (Å²) in [5.41, 5.74) is 1.38. The lowest BCUT2D eigenvalue weighted by Crippen LogP contribution is -2.06. The van der Waals surface area contributed by atoms with Crippen LogP contribution >= 0.6 is 0 Å². The third-order valence-corrected chi connectivity index (χ3v) is 2.86. The molecule has 0 aliphatic heterocycles. The first-order valence-electron chi connectivity index (χ1n) is 6.44. The molecule has 2 rings (SSSR count). The first-order chi connectivity index (χ1) is 9.31. The molecular formula is C16H17NO2. The number of aromatic nitrogens is 1. The maximum Gasteiger partial charge on any atom is 0.339 e. The number of carbonyl (C=O) groups is 1. The molecule has 2 aromatic rings. The minimum absolute atomic E-state index is 0.308. The Labute approximate surface area is 112 Å². The lowest BCUT2D eigenvalue weighted by Gasteiger charge is -2.05. The predicted molar refractivity (Wildman–Crippen MR) is 76.1 cm³/mol. The number of unbranched alkanes of at least 4 members (excludes halogenated alkanes) is 2. The molecule has 1 aromatic carbocycles. The molecule has 0 atom stereocenters. The summed E-state index contributed by atoms with van der Waals surface area (Å²) in [5, 5.41) is 0.948. The minimum Gasteiger partial charge on any atom is -0.462 e. The number of allylic oxidation sites excluding steroid dienone is 1. The van der Waals surface area contributed by atoms with Gasteiger partial charge in [0.15, 0.2) is 0 Å². The number of para-hydroxylation sites is 1. The van der Waals surface area contributed by atoms with Crippen molar-refractivity contribution < 1.29 is 9.53 Å². The van der Waals surface area contributed by atoms with Gasteiger partial charge in [0, 0.05) is 11.6 Å². The number of rotatable bonds is 6. The van der Waals surface area contributed by atoms with Crippen LogP contribution in [0.15, 0.2) is 49.2 Å². The van der Waals surface area contributed by atoms with Crippen molar-refractivity contribution in [3.05, 3.63) is 54.7 Å². The van der Waals surface area contributed by atoms with E-state index in [0.717, 1.165) is 30.2 Å². The quantitative estimate of drug-likeness (QED) is 0.448. The van der Waals surface area contributed by atoms with Crippen molar-refractivity contribution in [2.75, 3.05) is 6.61 Å². The first kappa shape index (κ1) is 13.3. The van der Waals surface area contributed by atoms with Crippen LogP contribution in [-0.2, 0) is 4.74 Å². The molecule has 0 aliphatic rings. The van der Waals surface area contributed by atoms with Crippen LogP contribution in [0.1, 0.15) is 29.6 Å². The van der Waals surface area contributed by atoms with Gasteiger partial charge in [0.1, 0.15) is 0 Å². The molecule has 0 bridgehead atoms. The van der Waals surface area contributed by atoms with Crippen molar-refractivity contribution in [1.82, 2.24) is 4.98 Å². The largest absolute Gasteiger partial charge is 0.462 e. The van der Waals surface area contributed by atoms with Crippen molar-refractivity contribution in [1.29, 1.82) is 0 Å². The van der Waals surface area contributed by atoms with Gasteiger partial charge in [0.2, 0.25) is 0 Å². The van der Waals surface area contributed by atoms with E-state index in [4.69, 9.17) is 4.74 Å². The molecule has 0 saturated carbocycles. The molecule has 1 heterocycles. The number of hydrogen-bond acceptors (Lipinski definition) is 3. The van der Waals surface area contributed by atoms with Crippen LogP contribution in [0, 0.1) is 0 Å². The second kappa shape index (κ2) is 6.69. The molecule has 1 aromatic heterocycles. The lowest BCUT2D eigenvalue weighted by atomic mass is 10.1. The zero-order valence-corrected chi connectivity index (χ0v) is 10.8. The highest BCUT2D eigenvalue weighted by Gasteiger charge is 2.08. The fraction of sp³-hybridized carbons (Fsp3) is 0.250. The summed E-state index contributed by atoms with van der Waals surface area (Å²) in [6.45, 7) is 4.10. The molecule has 19 heavy (non-hydrogen) atoms. The van der Waals surface area contributed by atoms with Crippen LogP contribution in [0.4, 0.5) is 0 Å². The van der Waals surface area contributed by atoms with E-state index in [1.807, 2.05) is 36.4 Å². The van der Waals surface area contributed by atoms with Crippen LogP contribution in [0.2, 0.25) is 0 Å². The molecule has 3 nitrogen and oxygen atoms in total. The Morgan fingerprint density at radius 2 is 2.16 bits per heavy atom. The summed E-state index contributed by atoms with van der Waals surface area (Å²) in [7, 11) is 0. The van der Waals surface area contributed by atoms with E-state index >= 15 is 0 Å². The van der Waals surface area contributed by atoms with Gasteiger partial charge in [-0.3, -0.25) is 4.98 Å². The molecule has 0 unspecified atom stereocenters. The van der Waals surface area contributed by atoms with Crippen molar-refractivity contribution in [3.63, 3.8) is 0 Å². The van der Waals surface area contributed by atoms with E-state index in [0.29, 0.717) is 12.2 Å². The molecule has 98 valence electrons. The molecule has 0 saturated heterocycles. The fourth-order valence-electron chi connectivity index (χ4n) is 1.82. The van der Waals surface area contributed by atoms with Gasteiger partial charge < -0.3 is 4.74 Å². The fourth-order valence-corrected chi connectivity index (χ4v) is 1.82. The van der Waals surface area contributed by atoms with E-state index < -0.39 is 0 Å². The van der Waals surface area contributed by atoms with E-state index in [9.17, 15) is 4.79 Å². The lowest BCUT2D eigenvalue weighted by molar-refractivity contribution is 0.0498. The smallest absolute Gasteiger partial charge is 0.339 e. The number of nitrogens with zero attached hydrogens (tertiary/aromatic N) is 1. The number of fused-ring (bicyclic) bond motifs is 1. The molecule has 3 heteroatoms. The van der Waals surface area contributed by atoms with Gasteiger partial charge in [-0.05, 0) is 31.4 Å². The Hall–Kier alpha value is -2.16. The van der Waals surface area contributed by atoms with Gasteiger partial charge in [-0.15, -0.1) is 6.58 Å². The summed E-state index contributed by atoms with van der Waals surface area (Å²) < 4.78 is 5.21. The number of ether oxygens (including phenoxy) is 1. The van der Waals surface area contributed by atoms with E-state index in [-0.39, 0.29) is 5.97 Å². The molecule has 0 fully saturated rings. The SMILES string of the molecule is C=CCCCCOC(=O)c1cnc2ccccc2c1. The topological polar surface area (TPSA) is 39.2 Å². The molecular weight excluding hydrogens is 238 g/mol. The maximum absolute atomic E-state index is 11.8. The monoisotopic (exact) mass is 255 g/mol. The summed E-state index contributed by atoms with van der Waals surface area (Å²) in [6, 6.07) is 9.51. The Bertz CT molecular complexity index is 578. The standard InChI is InChI=1S/C16H17NO2/c1-2-3-4-7-10-19-16(18)14-11-13-8-5-6-9-15(13)17-12-14/h2,5-6,8-9,11-12H,1,3-4,7,10H2. The second-order valence-electron chi connectivity index (χ2n) is 4.34. The maximum atomic E-state index is 11.8. The van der Waals surface area contributed by atoms with Crippen LogP contribution < -0.4 is 0 Å². The van der Waals surface area contributed by atoms with Crippen LogP contribution in [0.3, 0.4) is 0 Å². The zero-order chi connectivity index (χ0) is 13.5. The molecule has 0 amide bonds. The second-order valence-corrected chi connectivity index (χ2v) is 4.34. The molecule has 0 N–H and O–H groups in total. The summed E-state index contributed by atoms with van der Waals surface area (Å²) >= 11 is 0. The summed E-state index contributed by atoms with van der Waals surface area (Å²) in [5.74, 6) is -0.308. The minimum atomic E-state index is -0.308. The van der Waals surface area contributed by atoms with Crippen molar-refractivity contribution in [2.45, 2.75) is 19.3 Å². The van der Waals surface area contributed by atoms with Gasteiger partial charge in [-0.2, -0.15) is 0 Å². The third-order valence-electron chi connectivity index (χ3n) is 2.86. The van der Waals surface area contributed by atoms with E-state index in [1.54, 1.807) is 6.20 Å². The third kappa shape index (κ3) is 3.65. The molecule has 0 spiro atoms. The Morgan fingerprint density at radius 3 is 3.00 bits per heavy atom. The zero-order valence-electron chi connectivity index (χ0n) is 10.8. The van der Waals surface area contributed by atoms with Crippen molar-refractivity contribution in [3.8, 4) is 0 Å². The van der Waals surface area contributed by atoms with Crippen molar-refractivity contribution >= 4 is 16.9 Å². The van der Waals surface area contributed by atoms with Crippen LogP contribution in [0.25, 0.3) is 10.9 Å². The Kier molecular flexibility index (Phi) is 4.67. The van der Waals surface area contributed by atoms with Crippen molar-refractivity contribution in [2.24, 2.45) is 0 Å². The summed E-state index contributed by atoms with van der Waals surface area (Å²) in [6.07, 6.45) is 6.24. The van der Waals surface area contributed by atoms with Gasteiger partial charge in [-0.1, -0.05) is 24.3 Å². The average Bonchev–Trinajstić information content (AvgIpc) is 2.46. The highest BCUT2D eigenvalue weighted by molar-refractivity contribution is 5.93. The number of esters is 1. The predicted octanol–water partition coefficient (Wildman–Crippen LogP) is 3.75. The number of benzene rings is 1. The number of carbonyl (C=O) groups excluding carboxylic acids is 1. The van der Waals surface area contributed by atoms with Gasteiger partial charge in [-0.25, -0.2) is 4.79 Å². The highest BCUT2D eigenvalue weighted by Crippen LogP contribution is 2.13. The Morgan fingerprint density at radius 1 is 1.32 bits per heavy atom. The van der Waals surface area contributed by atoms with E-state index in [1.165, 1.54) is 0 Å². The summed E-state index contributed by atoms with van der Waals surface area (Å²) in [4.78, 5) is 16.1. The average molecular weight is 255 g/mol. The molecule has 0 radical (unpaired) electrons. The normalized spacial score (nSPS) is 10.3. The van der Waals surface area contributed by atoms with E-state index in [2.05, 4.69) is 11.6 Å². The van der Waals surface area contributed by atoms with Gasteiger partial charge >= 0.3 is 5.97 Å². The van der Waals surface area contributed by atoms with Gasteiger partial charge in [0.25, 0.3) is 0 Å². The number of hydrogen-bond donors (Lipinski definition) is 0. The van der Waals surface area contributed by atoms with Crippen LogP contribution in [-0.4, -0.2) is 17.6 Å².